The number of nitrogens with one attached hydrogen (secondary N) is 2. The van der Waals surface area contributed by atoms with Crippen molar-refractivity contribution in [2.75, 3.05) is 32.8 Å². The van der Waals surface area contributed by atoms with Gasteiger partial charge in [0.2, 0.25) is 5.88 Å². The molecule has 0 atom stereocenters. The zero-order chi connectivity index (χ0) is 27.5. The largest absolute Gasteiger partial charge is 0.515 e. The molecule has 1 fully saturated rings. The molecule has 11 nitrogen and oxygen atoms in total. The van der Waals surface area contributed by atoms with Crippen LogP contribution >= 0.6 is 0 Å². The molecule has 4 aromatic rings. The van der Waals surface area contributed by atoms with Gasteiger partial charge in [-0.25, -0.2) is 9.18 Å². The number of nitrogens with zero attached hydrogens (tertiary/aromatic N) is 3. The van der Waals surface area contributed by atoms with Crippen molar-refractivity contribution in [3.05, 3.63) is 71.7 Å². The first-order valence-corrected chi connectivity index (χ1v) is 12.2. The minimum absolute atomic E-state index is 0.0498. The molecule has 2 aromatic carbocycles. The third-order valence-corrected chi connectivity index (χ3v) is 6.39. The van der Waals surface area contributed by atoms with E-state index in [0.29, 0.717) is 16.8 Å². The van der Waals surface area contributed by atoms with E-state index in [0.717, 1.165) is 0 Å². The molecule has 0 unspecified atom stereocenters. The molecule has 0 radical (unpaired) electrons. The van der Waals surface area contributed by atoms with Gasteiger partial charge in [0.15, 0.2) is 0 Å². The van der Waals surface area contributed by atoms with Gasteiger partial charge >= 0.3 is 6.16 Å². The summed E-state index contributed by atoms with van der Waals surface area (Å²) in [6, 6.07) is 12.9. The van der Waals surface area contributed by atoms with Crippen LogP contribution in [0.3, 0.4) is 0 Å². The van der Waals surface area contributed by atoms with Crippen LogP contribution in [0.25, 0.3) is 22.2 Å². The van der Waals surface area contributed by atoms with Crippen molar-refractivity contribution >= 4 is 34.7 Å². The zero-order valence-corrected chi connectivity index (χ0v) is 20.9. The van der Waals surface area contributed by atoms with E-state index in [1.807, 2.05) is 6.07 Å². The third kappa shape index (κ3) is 5.08. The smallest absolute Gasteiger partial charge is 0.434 e. The molecule has 2 amide bonds. The normalized spacial score (nSPS) is 13.4. The van der Waals surface area contributed by atoms with Crippen LogP contribution in [-0.2, 0) is 9.53 Å². The van der Waals surface area contributed by atoms with Gasteiger partial charge in [-0.05, 0) is 31.2 Å². The molecule has 0 saturated carbocycles. The van der Waals surface area contributed by atoms with Crippen molar-refractivity contribution < 1.29 is 33.0 Å². The summed E-state index contributed by atoms with van der Waals surface area (Å²) >= 11 is 0. The average Bonchev–Trinajstić information content (AvgIpc) is 3.61. The number of aromatic nitrogens is 3. The quantitative estimate of drug-likeness (QED) is 0.220. The number of carbonyl (C=O) groups is 4. The Morgan fingerprint density at radius 1 is 1.00 bits per heavy atom. The highest BCUT2D eigenvalue weighted by Gasteiger charge is 2.31. The lowest BCUT2D eigenvalue weighted by atomic mass is 10.0. The number of benzene rings is 2. The van der Waals surface area contributed by atoms with Gasteiger partial charge in [-0.3, -0.25) is 19.5 Å². The van der Waals surface area contributed by atoms with Crippen molar-refractivity contribution in [3.8, 4) is 17.1 Å². The minimum Gasteiger partial charge on any atom is -0.434 e. The standard InChI is InChI=1S/C27H24FN5O6/c1-2-38-27(37)39-21-14-20(30-31-21)17-8-9-19(28)22-18(15-29-23(17)22)24(34)26(36)33-12-10-32(11-13-33)25(35)16-6-4-3-5-7-16/h3-9,14-15,29H,2,10-13H2,1H3,(H,30,31). The predicted octanol–water partition coefficient (Wildman–Crippen LogP) is 3.40. The maximum Gasteiger partial charge on any atom is 0.515 e. The van der Waals surface area contributed by atoms with Crippen LogP contribution in [0.5, 0.6) is 5.88 Å². The molecule has 0 bridgehead atoms. The molecule has 1 aliphatic rings. The number of halogens is 1. The van der Waals surface area contributed by atoms with E-state index in [2.05, 4.69) is 15.2 Å². The summed E-state index contributed by atoms with van der Waals surface area (Å²) in [4.78, 5) is 56.4. The summed E-state index contributed by atoms with van der Waals surface area (Å²) < 4.78 is 24.6. The molecule has 2 N–H and O–H groups in total. The van der Waals surface area contributed by atoms with Crippen molar-refractivity contribution in [3.63, 3.8) is 0 Å². The van der Waals surface area contributed by atoms with Gasteiger partial charge in [-0.1, -0.05) is 18.2 Å². The number of ether oxygens (including phenoxy) is 2. The summed E-state index contributed by atoms with van der Waals surface area (Å²) in [5.41, 5.74) is 1.52. The highest BCUT2D eigenvalue weighted by molar-refractivity contribution is 6.45. The topological polar surface area (TPSA) is 138 Å². The van der Waals surface area contributed by atoms with Gasteiger partial charge < -0.3 is 24.3 Å². The molecule has 0 aliphatic carbocycles. The van der Waals surface area contributed by atoms with E-state index in [-0.39, 0.29) is 61.0 Å². The number of rotatable bonds is 6. The molecule has 1 saturated heterocycles. The minimum atomic E-state index is -0.920. The maximum absolute atomic E-state index is 15.0. The lowest BCUT2D eigenvalue weighted by molar-refractivity contribution is -0.127. The Morgan fingerprint density at radius 2 is 1.72 bits per heavy atom. The Morgan fingerprint density at radius 3 is 2.44 bits per heavy atom. The molecule has 12 heteroatoms. The molecule has 200 valence electrons. The summed E-state index contributed by atoms with van der Waals surface area (Å²) in [6.45, 7) is 2.67. The monoisotopic (exact) mass is 533 g/mol. The second-order valence-corrected chi connectivity index (χ2v) is 8.73. The Balaban J connectivity index is 1.32. The van der Waals surface area contributed by atoms with Crippen LogP contribution < -0.4 is 4.74 Å². The SMILES string of the molecule is CCOC(=O)Oc1cc(-c2ccc(F)c3c(C(=O)C(=O)N4CCN(C(=O)c5ccccc5)CC4)c[nH]c23)[nH]n1. The lowest BCUT2D eigenvalue weighted by Crippen LogP contribution is -2.52. The van der Waals surface area contributed by atoms with Gasteiger partial charge in [0.05, 0.1) is 23.4 Å². The van der Waals surface area contributed by atoms with E-state index in [1.54, 1.807) is 36.1 Å². The summed E-state index contributed by atoms with van der Waals surface area (Å²) in [5.74, 6) is -2.53. The van der Waals surface area contributed by atoms with Crippen LogP contribution in [0.1, 0.15) is 27.6 Å². The van der Waals surface area contributed by atoms with Crippen LogP contribution in [0.15, 0.2) is 54.7 Å². The molecular weight excluding hydrogens is 509 g/mol. The first kappa shape index (κ1) is 25.6. The molecule has 5 rings (SSSR count). The van der Waals surface area contributed by atoms with E-state index < -0.39 is 23.7 Å². The number of Topliss-reactive ketones (excluding diaryl/α,β-unsaturated/α-hetero) is 1. The zero-order valence-electron chi connectivity index (χ0n) is 20.9. The van der Waals surface area contributed by atoms with Crippen LogP contribution in [0.2, 0.25) is 0 Å². The molecule has 3 heterocycles. The van der Waals surface area contributed by atoms with E-state index >= 15 is 0 Å². The molecule has 1 aliphatic heterocycles. The van der Waals surface area contributed by atoms with Crippen molar-refractivity contribution in [1.82, 2.24) is 25.0 Å². The Bertz CT molecular complexity index is 1560. The number of ketones is 1. The van der Waals surface area contributed by atoms with Gasteiger partial charge in [0.25, 0.3) is 17.6 Å². The molecule has 2 aromatic heterocycles. The number of hydrogen-bond donors (Lipinski definition) is 2. The summed E-state index contributed by atoms with van der Waals surface area (Å²) in [7, 11) is 0. The maximum atomic E-state index is 15.0. The number of carbonyl (C=O) groups excluding carboxylic acids is 4. The highest BCUT2D eigenvalue weighted by atomic mass is 19.1. The first-order valence-electron chi connectivity index (χ1n) is 12.2. The first-order chi connectivity index (χ1) is 18.9. The van der Waals surface area contributed by atoms with Gasteiger partial charge in [0, 0.05) is 55.0 Å². The lowest BCUT2D eigenvalue weighted by Gasteiger charge is -2.34. The molecular formula is C27H24FN5O6. The van der Waals surface area contributed by atoms with E-state index in [9.17, 15) is 23.6 Å². The fourth-order valence-corrected chi connectivity index (χ4v) is 4.47. The predicted molar refractivity (Wildman–Crippen MR) is 137 cm³/mol. The van der Waals surface area contributed by atoms with E-state index in [4.69, 9.17) is 9.47 Å². The number of aromatic amines is 2. The fourth-order valence-electron chi connectivity index (χ4n) is 4.47. The van der Waals surface area contributed by atoms with Crippen molar-refractivity contribution in [1.29, 1.82) is 0 Å². The Hall–Kier alpha value is -5.00. The number of H-pyrrole nitrogens is 2. The van der Waals surface area contributed by atoms with Gasteiger partial charge in [-0.2, -0.15) is 0 Å². The molecule has 0 spiro atoms. The second kappa shape index (κ2) is 10.8. The summed E-state index contributed by atoms with van der Waals surface area (Å²) in [5, 5.41) is 6.55. The van der Waals surface area contributed by atoms with Crippen molar-refractivity contribution in [2.45, 2.75) is 6.92 Å². The number of piperazine rings is 1. The van der Waals surface area contributed by atoms with Gasteiger partial charge in [-0.15, -0.1) is 5.10 Å². The van der Waals surface area contributed by atoms with E-state index in [1.165, 1.54) is 29.3 Å². The van der Waals surface area contributed by atoms with Crippen molar-refractivity contribution in [2.24, 2.45) is 0 Å². The van der Waals surface area contributed by atoms with Crippen LogP contribution in [-0.4, -0.2) is 81.5 Å². The van der Waals surface area contributed by atoms with Gasteiger partial charge in [0.1, 0.15) is 5.82 Å². The Kier molecular flexibility index (Phi) is 7.08. The Labute approximate surface area is 221 Å². The van der Waals surface area contributed by atoms with Crippen LogP contribution in [0, 0.1) is 5.82 Å². The number of amides is 2. The second-order valence-electron chi connectivity index (χ2n) is 8.73. The summed E-state index contributed by atoms with van der Waals surface area (Å²) in [6.07, 6.45) is 0.371. The van der Waals surface area contributed by atoms with Crippen LogP contribution in [0.4, 0.5) is 9.18 Å². The average molecular weight is 534 g/mol. The number of hydrogen-bond acceptors (Lipinski definition) is 7. The number of fused-ring (bicyclic) bond motifs is 1. The highest BCUT2D eigenvalue weighted by Crippen LogP contribution is 2.32. The third-order valence-electron chi connectivity index (χ3n) is 6.39. The molecule has 39 heavy (non-hydrogen) atoms. The fraction of sp³-hybridized carbons (Fsp3) is 0.222.